The molecule has 2 aromatic rings. The molecule has 0 aliphatic heterocycles. The molecule has 3 N–H and O–H groups in total. The number of ether oxygens (including phenoxy) is 5. The number of aliphatic hydroxyl groups excluding tert-OH is 2. The second-order valence-corrected chi connectivity index (χ2v) is 15.7. The van der Waals surface area contributed by atoms with Crippen LogP contribution in [0.3, 0.4) is 0 Å². The average Bonchev–Trinajstić information content (AvgIpc) is 3.63. The molecular formula is C36H69N5O11S2. The average molecular weight is 812 g/mol. The second-order valence-electron chi connectivity index (χ2n) is 15.7. The fourth-order valence-electron chi connectivity index (χ4n) is 3.59. The van der Waals surface area contributed by atoms with E-state index < -0.39 is 52.9 Å². The largest absolute Gasteiger partial charge is 0.519 e. The fraction of sp³-hybridized carbons (Fsp3) is 0.722. The van der Waals surface area contributed by atoms with Crippen LogP contribution in [-0.4, -0.2) is 108 Å². The summed E-state index contributed by atoms with van der Waals surface area (Å²) in [6.45, 7) is 22.8. The van der Waals surface area contributed by atoms with Crippen LogP contribution in [0, 0.1) is 5.92 Å². The Morgan fingerprint density at radius 1 is 0.796 bits per heavy atom. The van der Waals surface area contributed by atoms with Crippen LogP contribution in [0.25, 0.3) is 0 Å². The summed E-state index contributed by atoms with van der Waals surface area (Å²) in [5, 5.41) is 18.5. The van der Waals surface area contributed by atoms with E-state index in [9.17, 15) is 24.3 Å². The molecule has 0 fully saturated rings. The van der Waals surface area contributed by atoms with E-state index in [1.807, 2.05) is 0 Å². The van der Waals surface area contributed by atoms with Crippen LogP contribution in [-0.2, 0) is 36.5 Å². The van der Waals surface area contributed by atoms with E-state index >= 15 is 0 Å². The van der Waals surface area contributed by atoms with Gasteiger partial charge in [-0.05, 0) is 95.4 Å². The summed E-state index contributed by atoms with van der Waals surface area (Å²) in [6.07, 6.45) is 5.35. The molecule has 16 nitrogen and oxygen atoms in total. The number of hydrogen-bond acceptors (Lipinski definition) is 13. The Hall–Kier alpha value is -3.48. The number of aromatic nitrogens is 4. The predicted octanol–water partition coefficient (Wildman–Crippen LogP) is 7.14. The molecular weight excluding hydrogens is 743 g/mol. The summed E-state index contributed by atoms with van der Waals surface area (Å²) in [6, 6.07) is -0.517. The quantitative estimate of drug-likeness (QED) is 0.138. The zero-order valence-electron chi connectivity index (χ0n) is 33.9. The smallest absolute Gasteiger partial charge is 0.444 e. The molecule has 0 unspecified atom stereocenters. The van der Waals surface area contributed by atoms with E-state index in [1.54, 1.807) is 103 Å². The highest BCUT2D eigenvalue weighted by Crippen LogP contribution is 2.15. The first-order valence-electron chi connectivity index (χ1n) is 16.7. The van der Waals surface area contributed by atoms with Crippen molar-refractivity contribution in [2.24, 2.45) is 5.92 Å². The molecule has 1 amide bonds. The summed E-state index contributed by atoms with van der Waals surface area (Å²) in [7, 11) is 1.56. The van der Waals surface area contributed by atoms with Crippen molar-refractivity contribution >= 4 is 51.5 Å². The molecule has 2 aromatic heterocycles. The Morgan fingerprint density at radius 2 is 1.28 bits per heavy atom. The minimum absolute atomic E-state index is 0. The molecule has 0 spiro atoms. The Bertz CT molecular complexity index is 1310. The highest BCUT2D eigenvalue weighted by molar-refractivity contribution is 7.59. The Labute approximate surface area is 335 Å². The normalized spacial score (nSPS) is 12.1. The third kappa shape index (κ3) is 28.0. The highest BCUT2D eigenvalue weighted by atomic mass is 32.1. The number of nitrogens with zero attached hydrogens (tertiary/aromatic N) is 4. The standard InChI is InChI=1S/C17H29N3O5.C10H18O5.C8H14N2O.CH4.2H2S/c1-16(2,3)24-14(22)19(7)13(10-21)8-12-9-20(11-18-12)15(23)25-17(4,5)6;1-9(2,3)14-7(11)13-8(12)15-10(4,5)6;1-2-7(5-11)3-8-4-9-6-10-8;;;/h9,11,13,21H,8,10H2,1-7H3;1-6H3;4,6-7,11H,2-3,5H2,1H3,(H,9,10);1H4;2*1H2/t13-;;7-;;;/m0.0.../s1. The lowest BCUT2D eigenvalue weighted by Crippen LogP contribution is -2.43. The molecule has 0 aliphatic rings. The first kappa shape index (κ1) is 57.2. The van der Waals surface area contributed by atoms with Gasteiger partial charge in [0.2, 0.25) is 0 Å². The highest BCUT2D eigenvalue weighted by Gasteiger charge is 2.27. The first-order chi connectivity index (χ1) is 23.2. The van der Waals surface area contributed by atoms with Crippen LogP contribution in [0.4, 0.5) is 19.2 Å². The molecule has 0 saturated carbocycles. The van der Waals surface area contributed by atoms with Crippen molar-refractivity contribution in [3.05, 3.63) is 36.4 Å². The van der Waals surface area contributed by atoms with Crippen LogP contribution >= 0.6 is 27.0 Å². The van der Waals surface area contributed by atoms with Crippen molar-refractivity contribution < 1.29 is 53.1 Å². The Balaban J connectivity index is -0.000000369. The van der Waals surface area contributed by atoms with Gasteiger partial charge >= 0.3 is 24.5 Å². The number of aliphatic hydroxyl groups is 2. The SMILES string of the molecule is C.CC(C)(C)OC(=O)OC(=O)OC(C)(C)C.CC[C@H](CO)Cc1cnc[nH]1.CN(C(=O)OC(C)(C)C)[C@H](CO)Cc1cn(C(=O)OC(C)(C)C)cn1.S.S. The lowest BCUT2D eigenvalue weighted by atomic mass is 10.0. The number of carbonyl (C=O) groups is 4. The predicted molar refractivity (Wildman–Crippen MR) is 217 cm³/mol. The number of hydrogen-bond donors (Lipinski definition) is 3. The van der Waals surface area contributed by atoms with Crippen molar-refractivity contribution in [3.8, 4) is 0 Å². The number of likely N-dealkylation sites (N-methyl/N-ethyl adjacent to an activating group) is 1. The van der Waals surface area contributed by atoms with Crippen LogP contribution in [0.5, 0.6) is 0 Å². The maximum Gasteiger partial charge on any atom is 0.519 e. The second kappa shape index (κ2) is 25.6. The van der Waals surface area contributed by atoms with E-state index in [0.717, 1.165) is 18.5 Å². The molecule has 0 aliphatic carbocycles. The summed E-state index contributed by atoms with van der Waals surface area (Å²) in [4.78, 5) is 58.5. The van der Waals surface area contributed by atoms with E-state index in [2.05, 4.69) is 26.6 Å². The maximum atomic E-state index is 12.1. The van der Waals surface area contributed by atoms with Gasteiger partial charge in [0.1, 0.15) is 28.7 Å². The minimum atomic E-state index is -1.06. The molecule has 2 atom stereocenters. The number of imidazole rings is 2. The van der Waals surface area contributed by atoms with Gasteiger partial charge in [-0.15, -0.1) is 0 Å². The van der Waals surface area contributed by atoms with Gasteiger partial charge in [-0.25, -0.2) is 33.7 Å². The maximum absolute atomic E-state index is 12.1. The third-order valence-corrected chi connectivity index (χ3v) is 5.97. The van der Waals surface area contributed by atoms with Gasteiger partial charge in [-0.2, -0.15) is 27.0 Å². The van der Waals surface area contributed by atoms with Gasteiger partial charge in [0, 0.05) is 38.2 Å². The van der Waals surface area contributed by atoms with E-state index in [4.69, 9.17) is 24.1 Å². The molecule has 2 rings (SSSR count). The van der Waals surface area contributed by atoms with Crippen molar-refractivity contribution in [2.45, 2.75) is 145 Å². The monoisotopic (exact) mass is 811 g/mol. The summed E-state index contributed by atoms with van der Waals surface area (Å²) < 4.78 is 25.6. The molecule has 54 heavy (non-hydrogen) atoms. The number of carbonyl (C=O) groups excluding carboxylic acids is 4. The number of rotatable bonds is 8. The van der Waals surface area contributed by atoms with Crippen molar-refractivity contribution in [1.82, 2.24) is 24.4 Å². The van der Waals surface area contributed by atoms with Crippen molar-refractivity contribution in [2.75, 3.05) is 20.3 Å². The fourth-order valence-corrected chi connectivity index (χ4v) is 3.59. The molecule has 0 radical (unpaired) electrons. The summed E-state index contributed by atoms with van der Waals surface area (Å²) >= 11 is 0. The van der Waals surface area contributed by atoms with E-state index in [0.29, 0.717) is 11.6 Å². The zero-order valence-corrected chi connectivity index (χ0v) is 35.9. The summed E-state index contributed by atoms with van der Waals surface area (Å²) in [5.41, 5.74) is -0.959. The van der Waals surface area contributed by atoms with Gasteiger partial charge in [-0.1, -0.05) is 20.8 Å². The number of amides is 1. The van der Waals surface area contributed by atoms with E-state index in [-0.39, 0.29) is 54.1 Å². The number of nitrogens with one attached hydrogen (secondary N) is 1. The zero-order chi connectivity index (χ0) is 39.8. The lowest BCUT2D eigenvalue weighted by molar-refractivity contribution is -0.0294. The Kier molecular flexibility index (Phi) is 27.1. The van der Waals surface area contributed by atoms with Gasteiger partial charge in [0.15, 0.2) is 0 Å². The number of H-pyrrole nitrogens is 1. The molecule has 316 valence electrons. The van der Waals surface area contributed by atoms with Crippen molar-refractivity contribution in [3.63, 3.8) is 0 Å². The third-order valence-electron chi connectivity index (χ3n) is 5.97. The topological polar surface area (TPSA) is 205 Å². The van der Waals surface area contributed by atoms with Crippen LogP contribution in [0.1, 0.15) is 115 Å². The first-order valence-corrected chi connectivity index (χ1v) is 16.7. The van der Waals surface area contributed by atoms with Crippen LogP contribution in [0.15, 0.2) is 25.0 Å². The molecule has 2 heterocycles. The molecule has 0 saturated heterocycles. The molecule has 18 heteroatoms. The molecule has 0 aromatic carbocycles. The van der Waals surface area contributed by atoms with Gasteiger partial charge in [-0.3, -0.25) is 0 Å². The van der Waals surface area contributed by atoms with Gasteiger partial charge in [0.05, 0.1) is 24.7 Å². The van der Waals surface area contributed by atoms with Crippen LogP contribution < -0.4 is 0 Å². The van der Waals surface area contributed by atoms with Crippen molar-refractivity contribution in [1.29, 1.82) is 0 Å². The van der Waals surface area contributed by atoms with Gasteiger partial charge < -0.3 is 43.8 Å². The summed E-state index contributed by atoms with van der Waals surface area (Å²) in [5.74, 6) is 0.371. The van der Waals surface area contributed by atoms with Crippen LogP contribution in [0.2, 0.25) is 0 Å². The number of aromatic amines is 1. The van der Waals surface area contributed by atoms with E-state index in [1.165, 1.54) is 22.0 Å². The van der Waals surface area contributed by atoms with Gasteiger partial charge in [0.25, 0.3) is 0 Å². The molecule has 0 bridgehead atoms. The lowest BCUT2D eigenvalue weighted by Gasteiger charge is -2.29. The Morgan fingerprint density at radius 3 is 1.65 bits per heavy atom. The minimum Gasteiger partial charge on any atom is -0.444 e.